The lowest BCUT2D eigenvalue weighted by Crippen LogP contribution is -2.57. The molecule has 0 spiro atoms. The summed E-state index contributed by atoms with van der Waals surface area (Å²) in [7, 11) is 1.66. The molecule has 1 saturated heterocycles. The maximum absolute atomic E-state index is 12.6. The second-order valence-electron chi connectivity index (χ2n) is 6.94. The van der Waals surface area contributed by atoms with E-state index in [1.165, 1.54) is 6.42 Å². The standard InChI is InChI=1S/C18H26ClN3O2/c1-24-16-6-5-13(19)11-15(16)22-10-7-14(12-22)21-17(23)18(20)8-3-2-4-9-18/h5-6,11,14H,2-4,7-10,12,20H2,1H3,(H,21,23). The van der Waals surface area contributed by atoms with Crippen molar-refractivity contribution in [2.45, 2.75) is 50.1 Å². The van der Waals surface area contributed by atoms with Gasteiger partial charge in [0.1, 0.15) is 5.75 Å². The Morgan fingerprint density at radius 1 is 1.38 bits per heavy atom. The molecule has 2 aliphatic rings. The molecule has 1 atom stereocenters. The number of carbonyl (C=O) groups excluding carboxylic acids is 1. The highest BCUT2D eigenvalue weighted by Gasteiger charge is 2.37. The van der Waals surface area contributed by atoms with Gasteiger partial charge in [-0.3, -0.25) is 4.79 Å². The zero-order valence-electron chi connectivity index (χ0n) is 14.2. The summed E-state index contributed by atoms with van der Waals surface area (Å²) < 4.78 is 5.43. The van der Waals surface area contributed by atoms with Gasteiger partial charge in [0.2, 0.25) is 5.91 Å². The molecule has 6 heteroatoms. The molecular weight excluding hydrogens is 326 g/mol. The lowest BCUT2D eigenvalue weighted by atomic mass is 9.82. The molecule has 1 amide bonds. The van der Waals surface area contributed by atoms with Gasteiger partial charge in [-0.2, -0.15) is 0 Å². The predicted molar refractivity (Wildman–Crippen MR) is 96.8 cm³/mol. The van der Waals surface area contributed by atoms with Gasteiger partial charge < -0.3 is 20.7 Å². The average Bonchev–Trinajstić information content (AvgIpc) is 3.04. The summed E-state index contributed by atoms with van der Waals surface area (Å²) in [6, 6.07) is 5.72. The molecule has 1 aliphatic carbocycles. The molecule has 1 saturated carbocycles. The highest BCUT2D eigenvalue weighted by atomic mass is 35.5. The van der Waals surface area contributed by atoms with Gasteiger partial charge in [-0.05, 0) is 37.5 Å². The smallest absolute Gasteiger partial charge is 0.240 e. The molecule has 1 heterocycles. The van der Waals surface area contributed by atoms with Gasteiger partial charge in [0.05, 0.1) is 18.3 Å². The molecule has 5 nitrogen and oxygen atoms in total. The molecule has 1 unspecified atom stereocenters. The van der Waals surface area contributed by atoms with Crippen molar-refractivity contribution in [1.82, 2.24) is 5.32 Å². The summed E-state index contributed by atoms with van der Waals surface area (Å²) in [5.74, 6) is 0.807. The van der Waals surface area contributed by atoms with Crippen molar-refractivity contribution in [3.05, 3.63) is 23.2 Å². The first kappa shape index (κ1) is 17.4. The highest BCUT2D eigenvalue weighted by Crippen LogP contribution is 2.33. The fourth-order valence-corrected chi connectivity index (χ4v) is 3.91. The Bertz CT molecular complexity index is 602. The molecule has 3 rings (SSSR count). The second kappa shape index (κ2) is 7.19. The number of ether oxygens (including phenoxy) is 1. The number of rotatable bonds is 4. The normalized spacial score (nSPS) is 23.1. The highest BCUT2D eigenvalue weighted by molar-refractivity contribution is 6.30. The number of methoxy groups -OCH3 is 1. The van der Waals surface area contributed by atoms with Crippen LogP contribution in [-0.4, -0.2) is 37.7 Å². The van der Waals surface area contributed by atoms with Gasteiger partial charge >= 0.3 is 0 Å². The van der Waals surface area contributed by atoms with Crippen molar-refractivity contribution >= 4 is 23.2 Å². The van der Waals surface area contributed by atoms with E-state index in [0.717, 1.165) is 56.6 Å². The van der Waals surface area contributed by atoms with E-state index >= 15 is 0 Å². The molecule has 1 aromatic rings. The minimum atomic E-state index is -0.681. The van der Waals surface area contributed by atoms with Crippen molar-refractivity contribution in [2.75, 3.05) is 25.1 Å². The largest absolute Gasteiger partial charge is 0.495 e. The quantitative estimate of drug-likeness (QED) is 0.875. The number of hydrogen-bond acceptors (Lipinski definition) is 4. The van der Waals surface area contributed by atoms with E-state index < -0.39 is 5.54 Å². The maximum Gasteiger partial charge on any atom is 0.240 e. The van der Waals surface area contributed by atoms with Gasteiger partial charge in [0.25, 0.3) is 0 Å². The van der Waals surface area contributed by atoms with Crippen molar-refractivity contribution in [3.63, 3.8) is 0 Å². The molecule has 0 bridgehead atoms. The molecule has 0 radical (unpaired) electrons. The Balaban J connectivity index is 1.63. The molecule has 0 aromatic heterocycles. The molecule has 1 aliphatic heterocycles. The number of nitrogens with two attached hydrogens (primary N) is 1. The summed E-state index contributed by atoms with van der Waals surface area (Å²) in [6.45, 7) is 1.61. The van der Waals surface area contributed by atoms with Crippen LogP contribution in [0.15, 0.2) is 18.2 Å². The minimum Gasteiger partial charge on any atom is -0.495 e. The Morgan fingerprint density at radius 2 is 2.12 bits per heavy atom. The number of benzene rings is 1. The van der Waals surface area contributed by atoms with Crippen LogP contribution in [0.25, 0.3) is 0 Å². The zero-order chi connectivity index (χ0) is 17.2. The molecule has 2 fully saturated rings. The van der Waals surface area contributed by atoms with Crippen LogP contribution < -0.4 is 20.7 Å². The van der Waals surface area contributed by atoms with Gasteiger partial charge in [0.15, 0.2) is 0 Å². The van der Waals surface area contributed by atoms with Crippen LogP contribution in [0.4, 0.5) is 5.69 Å². The van der Waals surface area contributed by atoms with Crippen LogP contribution in [0.1, 0.15) is 38.5 Å². The molecule has 3 N–H and O–H groups in total. The number of amides is 1. The third kappa shape index (κ3) is 3.62. The molecule has 1 aromatic carbocycles. The van der Waals surface area contributed by atoms with E-state index in [1.807, 2.05) is 18.2 Å². The number of carbonyl (C=O) groups is 1. The first-order valence-corrected chi connectivity index (χ1v) is 9.08. The van der Waals surface area contributed by atoms with Crippen LogP contribution in [-0.2, 0) is 4.79 Å². The van der Waals surface area contributed by atoms with E-state index in [9.17, 15) is 4.79 Å². The fraction of sp³-hybridized carbons (Fsp3) is 0.611. The third-order valence-electron chi connectivity index (χ3n) is 5.20. The lowest BCUT2D eigenvalue weighted by Gasteiger charge is -2.33. The van der Waals surface area contributed by atoms with Crippen LogP contribution in [0, 0.1) is 0 Å². The van der Waals surface area contributed by atoms with Crippen LogP contribution in [0.2, 0.25) is 5.02 Å². The zero-order valence-corrected chi connectivity index (χ0v) is 14.9. The molecule has 24 heavy (non-hydrogen) atoms. The van der Waals surface area contributed by atoms with E-state index in [-0.39, 0.29) is 11.9 Å². The van der Waals surface area contributed by atoms with Crippen molar-refractivity contribution in [1.29, 1.82) is 0 Å². The predicted octanol–water partition coefficient (Wildman–Crippen LogP) is 2.71. The van der Waals surface area contributed by atoms with E-state index in [1.54, 1.807) is 7.11 Å². The minimum absolute atomic E-state index is 0.00658. The number of anilines is 1. The molecule has 132 valence electrons. The van der Waals surface area contributed by atoms with Gasteiger partial charge in [-0.15, -0.1) is 0 Å². The number of nitrogens with one attached hydrogen (secondary N) is 1. The van der Waals surface area contributed by atoms with E-state index in [4.69, 9.17) is 22.1 Å². The summed E-state index contributed by atoms with van der Waals surface area (Å²) >= 11 is 6.12. The summed E-state index contributed by atoms with van der Waals surface area (Å²) in [6.07, 6.45) is 5.74. The number of halogens is 1. The lowest BCUT2D eigenvalue weighted by molar-refractivity contribution is -0.128. The number of hydrogen-bond donors (Lipinski definition) is 2. The molecular formula is C18H26ClN3O2. The summed E-state index contributed by atoms with van der Waals surface area (Å²) in [5, 5.41) is 3.84. The average molecular weight is 352 g/mol. The van der Waals surface area contributed by atoms with Gasteiger partial charge in [-0.25, -0.2) is 0 Å². The van der Waals surface area contributed by atoms with Crippen LogP contribution in [0.3, 0.4) is 0 Å². The third-order valence-corrected chi connectivity index (χ3v) is 5.44. The van der Waals surface area contributed by atoms with Crippen LogP contribution in [0.5, 0.6) is 5.75 Å². The van der Waals surface area contributed by atoms with Crippen molar-refractivity contribution < 1.29 is 9.53 Å². The Labute approximate surface area is 148 Å². The van der Waals surface area contributed by atoms with Gasteiger partial charge in [-0.1, -0.05) is 30.9 Å². The topological polar surface area (TPSA) is 67.6 Å². The first-order chi connectivity index (χ1) is 11.5. The van der Waals surface area contributed by atoms with E-state index in [0.29, 0.717) is 5.02 Å². The monoisotopic (exact) mass is 351 g/mol. The van der Waals surface area contributed by atoms with Crippen molar-refractivity contribution in [3.8, 4) is 5.75 Å². The Morgan fingerprint density at radius 3 is 2.83 bits per heavy atom. The summed E-state index contributed by atoms with van der Waals surface area (Å²) in [5.41, 5.74) is 6.62. The number of nitrogens with zero attached hydrogens (tertiary/aromatic N) is 1. The Hall–Kier alpha value is -1.46. The first-order valence-electron chi connectivity index (χ1n) is 8.70. The van der Waals surface area contributed by atoms with E-state index in [2.05, 4.69) is 10.2 Å². The van der Waals surface area contributed by atoms with Gasteiger partial charge in [0, 0.05) is 24.2 Å². The van der Waals surface area contributed by atoms with Crippen molar-refractivity contribution in [2.24, 2.45) is 5.73 Å². The SMILES string of the molecule is COc1ccc(Cl)cc1N1CCC(NC(=O)C2(N)CCCCC2)C1. The second-order valence-corrected chi connectivity index (χ2v) is 7.37. The fourth-order valence-electron chi connectivity index (χ4n) is 3.75. The summed E-state index contributed by atoms with van der Waals surface area (Å²) in [4.78, 5) is 14.8. The Kier molecular flexibility index (Phi) is 5.21. The van der Waals surface area contributed by atoms with Crippen LogP contribution >= 0.6 is 11.6 Å². The maximum atomic E-state index is 12.6.